The van der Waals surface area contributed by atoms with Crippen LogP contribution in [0.3, 0.4) is 0 Å². The fraction of sp³-hybridized carbons (Fsp3) is 0.0714. The minimum atomic E-state index is -0.122. The van der Waals surface area contributed by atoms with Gasteiger partial charge >= 0.3 is 0 Å². The maximum Gasteiger partial charge on any atom is 0.255 e. The standard InChI is InChI=1S/C14H11ClINO/c15-9-10-2-1-3-11(8-10)14(18)17-13-6-4-12(16)5-7-13/h1-8H,9H2,(H,17,18). The topological polar surface area (TPSA) is 29.1 Å². The third kappa shape index (κ3) is 3.46. The van der Waals surface area contributed by atoms with E-state index in [2.05, 4.69) is 27.9 Å². The zero-order chi connectivity index (χ0) is 13.0. The fourth-order valence-corrected chi connectivity index (χ4v) is 2.06. The Morgan fingerprint density at radius 2 is 1.89 bits per heavy atom. The predicted molar refractivity (Wildman–Crippen MR) is 83.1 cm³/mol. The third-order valence-electron chi connectivity index (χ3n) is 2.45. The van der Waals surface area contributed by atoms with Gasteiger partial charge in [0.05, 0.1) is 0 Å². The minimum Gasteiger partial charge on any atom is -0.322 e. The summed E-state index contributed by atoms with van der Waals surface area (Å²) in [6, 6.07) is 15.0. The third-order valence-corrected chi connectivity index (χ3v) is 3.47. The summed E-state index contributed by atoms with van der Waals surface area (Å²) in [6.45, 7) is 0. The van der Waals surface area contributed by atoms with E-state index in [0.29, 0.717) is 11.4 Å². The molecule has 0 bridgehead atoms. The smallest absolute Gasteiger partial charge is 0.255 e. The van der Waals surface area contributed by atoms with E-state index in [9.17, 15) is 4.79 Å². The van der Waals surface area contributed by atoms with Gasteiger partial charge in [-0.05, 0) is 64.6 Å². The molecule has 2 aromatic carbocycles. The van der Waals surface area contributed by atoms with Crippen molar-refractivity contribution >= 4 is 45.8 Å². The molecular weight excluding hydrogens is 361 g/mol. The first-order valence-electron chi connectivity index (χ1n) is 5.41. The Morgan fingerprint density at radius 1 is 1.17 bits per heavy atom. The van der Waals surface area contributed by atoms with Crippen molar-refractivity contribution in [2.45, 2.75) is 5.88 Å². The van der Waals surface area contributed by atoms with E-state index in [1.807, 2.05) is 36.4 Å². The van der Waals surface area contributed by atoms with Crippen molar-refractivity contribution in [2.24, 2.45) is 0 Å². The van der Waals surface area contributed by atoms with Gasteiger partial charge in [-0.15, -0.1) is 11.6 Å². The van der Waals surface area contributed by atoms with E-state index >= 15 is 0 Å². The zero-order valence-electron chi connectivity index (χ0n) is 9.49. The van der Waals surface area contributed by atoms with Gasteiger partial charge in [0.25, 0.3) is 5.91 Å². The Bertz CT molecular complexity index is 554. The lowest BCUT2D eigenvalue weighted by molar-refractivity contribution is 0.102. The van der Waals surface area contributed by atoms with Crippen LogP contribution in [-0.4, -0.2) is 5.91 Å². The summed E-state index contributed by atoms with van der Waals surface area (Å²) >= 11 is 7.97. The molecule has 0 saturated heterocycles. The Labute approximate surface area is 124 Å². The molecule has 0 fully saturated rings. The van der Waals surface area contributed by atoms with Crippen LogP contribution in [0.15, 0.2) is 48.5 Å². The summed E-state index contributed by atoms with van der Waals surface area (Å²) in [5.41, 5.74) is 2.34. The molecule has 0 atom stereocenters. The fourth-order valence-electron chi connectivity index (χ4n) is 1.53. The molecule has 0 aliphatic rings. The molecule has 18 heavy (non-hydrogen) atoms. The van der Waals surface area contributed by atoms with Crippen molar-refractivity contribution in [1.29, 1.82) is 0 Å². The summed E-state index contributed by atoms with van der Waals surface area (Å²) in [5.74, 6) is 0.285. The molecular formula is C14H11ClINO. The molecule has 1 amide bonds. The number of halogens is 2. The van der Waals surface area contributed by atoms with Crippen molar-refractivity contribution in [2.75, 3.05) is 5.32 Å². The molecule has 0 unspecified atom stereocenters. The summed E-state index contributed by atoms with van der Waals surface area (Å²) in [5, 5.41) is 2.85. The molecule has 92 valence electrons. The number of rotatable bonds is 3. The van der Waals surface area contributed by atoms with Gasteiger partial charge in [0.2, 0.25) is 0 Å². The molecule has 4 heteroatoms. The van der Waals surface area contributed by atoms with E-state index in [-0.39, 0.29) is 5.91 Å². The van der Waals surface area contributed by atoms with Crippen LogP contribution >= 0.6 is 34.2 Å². The molecule has 0 aliphatic heterocycles. The highest BCUT2D eigenvalue weighted by molar-refractivity contribution is 14.1. The molecule has 0 heterocycles. The van der Waals surface area contributed by atoms with E-state index in [0.717, 1.165) is 14.8 Å². The lowest BCUT2D eigenvalue weighted by Gasteiger charge is -2.06. The van der Waals surface area contributed by atoms with Crippen LogP contribution in [-0.2, 0) is 5.88 Å². The second kappa shape index (κ2) is 6.20. The Hall–Kier alpha value is -1.07. The number of nitrogens with one attached hydrogen (secondary N) is 1. The lowest BCUT2D eigenvalue weighted by atomic mass is 10.1. The van der Waals surface area contributed by atoms with Crippen molar-refractivity contribution < 1.29 is 4.79 Å². The van der Waals surface area contributed by atoms with Crippen LogP contribution in [0.25, 0.3) is 0 Å². The number of hydrogen-bond donors (Lipinski definition) is 1. The van der Waals surface area contributed by atoms with Crippen LogP contribution in [0.1, 0.15) is 15.9 Å². The average molecular weight is 372 g/mol. The Kier molecular flexibility index (Phi) is 4.60. The predicted octanol–water partition coefficient (Wildman–Crippen LogP) is 4.28. The van der Waals surface area contributed by atoms with Gasteiger partial charge < -0.3 is 5.32 Å². The first kappa shape index (κ1) is 13.4. The summed E-state index contributed by atoms with van der Waals surface area (Å²) < 4.78 is 1.13. The van der Waals surface area contributed by atoms with Crippen molar-refractivity contribution in [3.63, 3.8) is 0 Å². The average Bonchev–Trinajstić information content (AvgIpc) is 2.41. The van der Waals surface area contributed by atoms with Crippen LogP contribution < -0.4 is 5.32 Å². The van der Waals surface area contributed by atoms with Gasteiger partial charge in [-0.3, -0.25) is 4.79 Å². The normalized spacial score (nSPS) is 10.1. The van der Waals surface area contributed by atoms with Gasteiger partial charge in [0.1, 0.15) is 0 Å². The molecule has 0 saturated carbocycles. The largest absolute Gasteiger partial charge is 0.322 e. The monoisotopic (exact) mass is 371 g/mol. The van der Waals surface area contributed by atoms with Crippen molar-refractivity contribution in [3.8, 4) is 0 Å². The van der Waals surface area contributed by atoms with E-state index in [1.165, 1.54) is 0 Å². The lowest BCUT2D eigenvalue weighted by Crippen LogP contribution is -2.11. The molecule has 2 nitrogen and oxygen atoms in total. The maximum atomic E-state index is 12.0. The highest BCUT2D eigenvalue weighted by Gasteiger charge is 2.06. The number of amides is 1. The first-order valence-corrected chi connectivity index (χ1v) is 7.02. The van der Waals surface area contributed by atoms with Crippen LogP contribution in [0.5, 0.6) is 0 Å². The summed E-state index contributed by atoms with van der Waals surface area (Å²) in [4.78, 5) is 12.0. The highest BCUT2D eigenvalue weighted by Crippen LogP contribution is 2.14. The molecule has 2 rings (SSSR count). The molecule has 2 aromatic rings. The zero-order valence-corrected chi connectivity index (χ0v) is 12.4. The Balaban J connectivity index is 2.14. The van der Waals surface area contributed by atoms with E-state index in [1.54, 1.807) is 12.1 Å². The number of carbonyl (C=O) groups excluding carboxylic acids is 1. The van der Waals surface area contributed by atoms with Crippen molar-refractivity contribution in [1.82, 2.24) is 0 Å². The van der Waals surface area contributed by atoms with Gasteiger partial charge in [0, 0.05) is 20.7 Å². The number of hydrogen-bond acceptors (Lipinski definition) is 1. The molecule has 0 spiro atoms. The van der Waals surface area contributed by atoms with Gasteiger partial charge in [-0.25, -0.2) is 0 Å². The number of benzene rings is 2. The van der Waals surface area contributed by atoms with Gasteiger partial charge in [-0.2, -0.15) is 0 Å². The molecule has 0 aliphatic carbocycles. The second-order valence-corrected chi connectivity index (χ2v) is 5.31. The van der Waals surface area contributed by atoms with E-state index in [4.69, 9.17) is 11.6 Å². The number of anilines is 1. The highest BCUT2D eigenvalue weighted by atomic mass is 127. The van der Waals surface area contributed by atoms with Crippen LogP contribution in [0.4, 0.5) is 5.69 Å². The molecule has 1 N–H and O–H groups in total. The summed E-state index contributed by atoms with van der Waals surface area (Å²) in [7, 11) is 0. The molecule has 0 radical (unpaired) electrons. The summed E-state index contributed by atoms with van der Waals surface area (Å²) in [6.07, 6.45) is 0. The second-order valence-electron chi connectivity index (χ2n) is 3.80. The number of carbonyl (C=O) groups is 1. The van der Waals surface area contributed by atoms with Crippen LogP contribution in [0.2, 0.25) is 0 Å². The molecule has 0 aromatic heterocycles. The van der Waals surface area contributed by atoms with Gasteiger partial charge in [-0.1, -0.05) is 12.1 Å². The van der Waals surface area contributed by atoms with E-state index < -0.39 is 0 Å². The first-order chi connectivity index (χ1) is 8.69. The van der Waals surface area contributed by atoms with Gasteiger partial charge in [0.15, 0.2) is 0 Å². The quantitative estimate of drug-likeness (QED) is 0.633. The SMILES string of the molecule is O=C(Nc1ccc(I)cc1)c1cccc(CCl)c1. The number of alkyl halides is 1. The van der Waals surface area contributed by atoms with Crippen molar-refractivity contribution in [3.05, 3.63) is 63.2 Å². The maximum absolute atomic E-state index is 12.0. The Morgan fingerprint density at radius 3 is 2.56 bits per heavy atom. The van der Waals surface area contributed by atoms with Crippen LogP contribution in [0, 0.1) is 3.57 Å². The minimum absolute atomic E-state index is 0.122.